The zero-order valence-electron chi connectivity index (χ0n) is 21.1. The maximum absolute atomic E-state index is 12.7. The Balaban J connectivity index is 1.60. The number of halogens is 2. The maximum atomic E-state index is 12.7. The highest BCUT2D eigenvalue weighted by Gasteiger charge is 2.12. The molecule has 37 heavy (non-hydrogen) atoms. The van der Waals surface area contributed by atoms with E-state index in [9.17, 15) is 4.79 Å². The number of benzene rings is 3. The molecule has 0 fully saturated rings. The molecule has 8 heteroatoms. The number of nitrogens with zero attached hydrogens (tertiary/aromatic N) is 1. The van der Waals surface area contributed by atoms with Crippen LogP contribution in [0.1, 0.15) is 61.0 Å². The molecule has 0 bridgehead atoms. The first-order valence-corrected chi connectivity index (χ1v) is 13.2. The van der Waals surface area contributed by atoms with Gasteiger partial charge in [0, 0.05) is 5.56 Å². The lowest BCUT2D eigenvalue weighted by Gasteiger charge is -2.13. The third-order valence-electron chi connectivity index (χ3n) is 5.39. The van der Waals surface area contributed by atoms with E-state index in [1.54, 1.807) is 30.3 Å². The molecule has 3 aromatic carbocycles. The molecule has 6 nitrogen and oxygen atoms in total. The highest BCUT2D eigenvalue weighted by molar-refractivity contribution is 6.37. The van der Waals surface area contributed by atoms with E-state index >= 15 is 0 Å². The van der Waals surface area contributed by atoms with Crippen LogP contribution in [-0.2, 0) is 6.61 Å². The van der Waals surface area contributed by atoms with Gasteiger partial charge in [-0.15, -0.1) is 0 Å². The number of ether oxygens (including phenoxy) is 3. The van der Waals surface area contributed by atoms with Crippen LogP contribution in [-0.4, -0.2) is 25.3 Å². The van der Waals surface area contributed by atoms with Crippen molar-refractivity contribution in [3.63, 3.8) is 0 Å². The summed E-state index contributed by atoms with van der Waals surface area (Å²) >= 11 is 12.7. The molecule has 0 aliphatic carbocycles. The molecule has 3 rings (SSSR count). The molecule has 0 radical (unpaired) electrons. The van der Waals surface area contributed by atoms with Gasteiger partial charge < -0.3 is 14.2 Å². The number of hydrazone groups is 1. The van der Waals surface area contributed by atoms with Crippen molar-refractivity contribution >= 4 is 35.3 Å². The Kier molecular flexibility index (Phi) is 11.6. The van der Waals surface area contributed by atoms with Crippen LogP contribution >= 0.6 is 23.2 Å². The molecule has 0 aliphatic heterocycles. The zero-order valence-corrected chi connectivity index (χ0v) is 22.6. The van der Waals surface area contributed by atoms with E-state index < -0.39 is 5.91 Å². The Morgan fingerprint density at radius 1 is 0.892 bits per heavy atom. The van der Waals surface area contributed by atoms with Crippen molar-refractivity contribution < 1.29 is 19.0 Å². The molecule has 0 aliphatic rings. The quantitative estimate of drug-likeness (QED) is 0.129. The summed E-state index contributed by atoms with van der Waals surface area (Å²) in [5.74, 6) is 1.11. The molecule has 196 valence electrons. The minimum absolute atomic E-state index is 0.385. The van der Waals surface area contributed by atoms with Crippen molar-refractivity contribution in [3.05, 3.63) is 87.4 Å². The predicted molar refractivity (Wildman–Crippen MR) is 150 cm³/mol. The smallest absolute Gasteiger partial charge is 0.271 e. The molecule has 0 unspecified atom stereocenters. The molecule has 0 heterocycles. The average Bonchev–Trinajstić information content (AvgIpc) is 2.90. The first kappa shape index (κ1) is 28.4. The average molecular weight is 543 g/mol. The fourth-order valence-corrected chi connectivity index (χ4v) is 4.11. The summed E-state index contributed by atoms with van der Waals surface area (Å²) in [7, 11) is 0. The minimum Gasteiger partial charge on any atom is -0.490 e. The minimum atomic E-state index is -0.393. The van der Waals surface area contributed by atoms with E-state index in [0.717, 1.165) is 24.8 Å². The van der Waals surface area contributed by atoms with Crippen molar-refractivity contribution in [1.82, 2.24) is 5.43 Å². The normalized spacial score (nSPS) is 10.9. The summed E-state index contributed by atoms with van der Waals surface area (Å²) in [6.07, 6.45) is 5.85. The second-order valence-corrected chi connectivity index (χ2v) is 9.11. The van der Waals surface area contributed by atoms with Crippen LogP contribution in [0.2, 0.25) is 10.0 Å². The summed E-state index contributed by atoms with van der Waals surface area (Å²) < 4.78 is 17.3. The second-order valence-electron chi connectivity index (χ2n) is 8.29. The van der Waals surface area contributed by atoms with Gasteiger partial charge in [-0.2, -0.15) is 5.10 Å². The summed E-state index contributed by atoms with van der Waals surface area (Å²) in [5.41, 5.74) is 4.57. The van der Waals surface area contributed by atoms with Gasteiger partial charge in [0.25, 0.3) is 5.91 Å². The Labute approximate surface area is 228 Å². The highest BCUT2D eigenvalue weighted by Crippen LogP contribution is 2.34. The molecule has 0 saturated heterocycles. The van der Waals surface area contributed by atoms with Crippen molar-refractivity contribution in [3.8, 4) is 17.2 Å². The van der Waals surface area contributed by atoms with E-state index in [1.165, 1.54) is 12.6 Å². The molecule has 0 spiro atoms. The standard InChI is InChI=1S/C29H32Cl2N2O4/c1-3-5-6-10-15-36-28-24(30)16-22(17-25(28)31)19-32-33-29(34)23-13-14-26(27(18-23)35-4-2)37-20-21-11-8-7-9-12-21/h7-9,11-14,16-19H,3-6,10,15,20H2,1-2H3,(H,33,34)/b32-19+. The van der Waals surface area contributed by atoms with E-state index in [1.807, 2.05) is 37.3 Å². The third kappa shape index (κ3) is 8.99. The Bertz CT molecular complexity index is 1160. The van der Waals surface area contributed by atoms with Gasteiger partial charge in [0.15, 0.2) is 17.2 Å². The first-order chi connectivity index (χ1) is 18.0. The number of carbonyl (C=O) groups excluding carboxylic acids is 1. The van der Waals surface area contributed by atoms with Crippen LogP contribution in [0.25, 0.3) is 0 Å². The topological polar surface area (TPSA) is 69.2 Å². The van der Waals surface area contributed by atoms with Gasteiger partial charge >= 0.3 is 0 Å². The lowest BCUT2D eigenvalue weighted by molar-refractivity contribution is 0.0954. The summed E-state index contributed by atoms with van der Waals surface area (Å²) in [6, 6.07) is 18.2. The van der Waals surface area contributed by atoms with Crippen molar-refractivity contribution in [2.24, 2.45) is 5.10 Å². The second kappa shape index (κ2) is 15.1. The zero-order chi connectivity index (χ0) is 26.5. The molecule has 1 N–H and O–H groups in total. The molecular formula is C29H32Cl2N2O4. The van der Waals surface area contributed by atoms with Crippen LogP contribution in [0, 0.1) is 0 Å². The summed E-state index contributed by atoms with van der Waals surface area (Å²) in [5, 5.41) is 4.83. The Morgan fingerprint density at radius 3 is 2.35 bits per heavy atom. The van der Waals surface area contributed by atoms with Gasteiger partial charge in [0.1, 0.15) is 6.61 Å². The van der Waals surface area contributed by atoms with Gasteiger partial charge in [-0.05, 0) is 54.8 Å². The maximum Gasteiger partial charge on any atom is 0.271 e. The molecule has 3 aromatic rings. The largest absolute Gasteiger partial charge is 0.490 e. The number of unbranched alkanes of at least 4 members (excludes halogenated alkanes) is 3. The summed E-state index contributed by atoms with van der Waals surface area (Å²) in [6.45, 7) is 5.42. The Hall–Kier alpha value is -3.22. The molecule has 0 saturated carbocycles. The van der Waals surface area contributed by atoms with E-state index in [4.69, 9.17) is 37.4 Å². The van der Waals surface area contributed by atoms with Crippen LogP contribution in [0.4, 0.5) is 0 Å². The number of carbonyl (C=O) groups is 1. The van der Waals surface area contributed by atoms with Crippen LogP contribution in [0.3, 0.4) is 0 Å². The predicted octanol–water partition coefficient (Wildman–Crippen LogP) is 7.69. The highest BCUT2D eigenvalue weighted by atomic mass is 35.5. The van der Waals surface area contributed by atoms with Gasteiger partial charge in [-0.3, -0.25) is 4.79 Å². The van der Waals surface area contributed by atoms with E-state index in [2.05, 4.69) is 17.5 Å². The molecular weight excluding hydrogens is 511 g/mol. The molecule has 0 atom stereocenters. The SMILES string of the molecule is CCCCCCOc1c(Cl)cc(/C=N/NC(=O)c2ccc(OCc3ccccc3)c(OCC)c2)cc1Cl. The number of hydrogen-bond acceptors (Lipinski definition) is 5. The van der Waals surface area contributed by atoms with Crippen molar-refractivity contribution in [2.45, 2.75) is 46.1 Å². The Morgan fingerprint density at radius 2 is 1.65 bits per heavy atom. The molecule has 1 amide bonds. The summed E-state index contributed by atoms with van der Waals surface area (Å²) in [4.78, 5) is 12.7. The van der Waals surface area contributed by atoms with Gasteiger partial charge in [0.2, 0.25) is 0 Å². The number of hydrogen-bond donors (Lipinski definition) is 1. The fourth-order valence-electron chi connectivity index (χ4n) is 3.50. The van der Waals surface area contributed by atoms with Crippen LogP contribution < -0.4 is 19.6 Å². The van der Waals surface area contributed by atoms with Crippen molar-refractivity contribution in [2.75, 3.05) is 13.2 Å². The fraction of sp³-hybridized carbons (Fsp3) is 0.310. The van der Waals surface area contributed by atoms with Crippen molar-refractivity contribution in [1.29, 1.82) is 0 Å². The van der Waals surface area contributed by atoms with E-state index in [0.29, 0.717) is 58.2 Å². The van der Waals surface area contributed by atoms with Gasteiger partial charge in [0.05, 0.1) is 29.5 Å². The first-order valence-electron chi connectivity index (χ1n) is 12.4. The lowest BCUT2D eigenvalue weighted by Crippen LogP contribution is -2.17. The number of amides is 1. The number of rotatable bonds is 14. The molecule has 0 aromatic heterocycles. The lowest BCUT2D eigenvalue weighted by atomic mass is 10.2. The van der Waals surface area contributed by atoms with Crippen LogP contribution in [0.5, 0.6) is 17.2 Å². The van der Waals surface area contributed by atoms with E-state index in [-0.39, 0.29) is 0 Å². The van der Waals surface area contributed by atoms with Gasteiger partial charge in [-0.1, -0.05) is 79.7 Å². The monoisotopic (exact) mass is 542 g/mol. The number of nitrogens with one attached hydrogen (secondary N) is 1. The third-order valence-corrected chi connectivity index (χ3v) is 5.95. The van der Waals surface area contributed by atoms with Gasteiger partial charge in [-0.25, -0.2) is 5.43 Å². The van der Waals surface area contributed by atoms with Crippen LogP contribution in [0.15, 0.2) is 65.8 Å².